The van der Waals surface area contributed by atoms with Crippen LogP contribution in [0, 0.1) is 11.6 Å². The molecule has 0 aliphatic rings. The molecule has 2 aromatic carbocycles. The smallest absolute Gasteiger partial charge is 0.221 e. The van der Waals surface area contributed by atoms with Crippen LogP contribution in [0.25, 0.3) is 0 Å². The van der Waals surface area contributed by atoms with Crippen LogP contribution in [-0.2, 0) is 11.3 Å². The summed E-state index contributed by atoms with van der Waals surface area (Å²) in [6.07, 6.45) is 0.378. The van der Waals surface area contributed by atoms with Gasteiger partial charge in [-0.1, -0.05) is 12.1 Å². The second kappa shape index (κ2) is 7.78. The Bertz CT molecular complexity index is 584. The molecule has 0 atom stereocenters. The molecule has 2 aromatic rings. The molecule has 0 fully saturated rings. The number of thioether (sulfide) groups is 1. The minimum atomic E-state index is -0.291. The lowest BCUT2D eigenvalue weighted by atomic mass is 10.2. The highest BCUT2D eigenvalue weighted by atomic mass is 32.2. The van der Waals surface area contributed by atoms with Gasteiger partial charge in [-0.2, -0.15) is 0 Å². The summed E-state index contributed by atoms with van der Waals surface area (Å²) in [5, 5.41) is 2.78. The predicted octanol–water partition coefficient (Wildman–Crippen LogP) is 3.76. The van der Waals surface area contributed by atoms with E-state index < -0.39 is 0 Å². The van der Waals surface area contributed by atoms with Gasteiger partial charge in [-0.25, -0.2) is 8.78 Å². The molecule has 0 aliphatic carbocycles. The second-order valence-corrected chi connectivity index (χ2v) is 5.62. The van der Waals surface area contributed by atoms with Crippen LogP contribution in [-0.4, -0.2) is 11.7 Å². The number of nitrogens with one attached hydrogen (secondary N) is 1. The summed E-state index contributed by atoms with van der Waals surface area (Å²) >= 11 is 1.50. The predicted molar refractivity (Wildman–Crippen MR) is 80.0 cm³/mol. The highest BCUT2D eigenvalue weighted by Crippen LogP contribution is 2.18. The topological polar surface area (TPSA) is 29.1 Å². The summed E-state index contributed by atoms with van der Waals surface area (Å²) in [6.45, 7) is 0.389. The van der Waals surface area contributed by atoms with Crippen molar-refractivity contribution in [2.45, 2.75) is 17.9 Å². The number of carbonyl (C=O) groups is 1. The third kappa shape index (κ3) is 5.55. The van der Waals surface area contributed by atoms with Crippen molar-refractivity contribution in [3.63, 3.8) is 0 Å². The van der Waals surface area contributed by atoms with E-state index in [9.17, 15) is 13.6 Å². The van der Waals surface area contributed by atoms with Gasteiger partial charge in [0.15, 0.2) is 0 Å². The number of carbonyl (C=O) groups excluding carboxylic acids is 1. The number of hydrogen-bond donors (Lipinski definition) is 1. The first-order chi connectivity index (χ1) is 10.1. The maximum Gasteiger partial charge on any atom is 0.221 e. The molecule has 0 radical (unpaired) electrons. The molecule has 0 bridgehead atoms. The van der Waals surface area contributed by atoms with Crippen LogP contribution in [0.15, 0.2) is 53.4 Å². The maximum absolute atomic E-state index is 12.7. The Morgan fingerprint density at radius 2 is 1.52 bits per heavy atom. The molecule has 0 aromatic heterocycles. The average molecular weight is 307 g/mol. The summed E-state index contributed by atoms with van der Waals surface area (Å²) in [5.41, 5.74) is 0.857. The Kier molecular flexibility index (Phi) is 5.75. The molecule has 0 heterocycles. The molecule has 0 aliphatic heterocycles. The van der Waals surface area contributed by atoms with Crippen LogP contribution in [0.5, 0.6) is 0 Å². The van der Waals surface area contributed by atoms with Gasteiger partial charge in [-0.05, 0) is 42.0 Å². The molecular weight excluding hydrogens is 292 g/mol. The van der Waals surface area contributed by atoms with E-state index in [0.29, 0.717) is 18.7 Å². The number of hydrogen-bond acceptors (Lipinski definition) is 2. The van der Waals surface area contributed by atoms with E-state index in [2.05, 4.69) is 5.32 Å². The highest BCUT2D eigenvalue weighted by Gasteiger charge is 2.03. The van der Waals surface area contributed by atoms with Crippen molar-refractivity contribution in [1.29, 1.82) is 0 Å². The zero-order valence-electron chi connectivity index (χ0n) is 11.3. The fourth-order valence-corrected chi connectivity index (χ4v) is 2.54. The van der Waals surface area contributed by atoms with Crippen LogP contribution >= 0.6 is 11.8 Å². The molecule has 21 heavy (non-hydrogen) atoms. The van der Waals surface area contributed by atoms with Crippen LogP contribution < -0.4 is 5.32 Å². The molecule has 0 saturated heterocycles. The highest BCUT2D eigenvalue weighted by molar-refractivity contribution is 7.99. The summed E-state index contributed by atoms with van der Waals surface area (Å²) in [7, 11) is 0. The van der Waals surface area contributed by atoms with Gasteiger partial charge in [0.25, 0.3) is 0 Å². The van der Waals surface area contributed by atoms with E-state index in [1.54, 1.807) is 24.3 Å². The van der Waals surface area contributed by atoms with Crippen LogP contribution in [0.1, 0.15) is 12.0 Å². The lowest BCUT2D eigenvalue weighted by Gasteiger charge is -2.05. The number of rotatable bonds is 6. The van der Waals surface area contributed by atoms with E-state index in [0.717, 1.165) is 10.5 Å². The van der Waals surface area contributed by atoms with Crippen molar-refractivity contribution >= 4 is 17.7 Å². The SMILES string of the molecule is O=C(CCSc1ccc(F)cc1)NCc1ccc(F)cc1. The van der Waals surface area contributed by atoms with Gasteiger partial charge in [-0.3, -0.25) is 4.79 Å². The standard InChI is InChI=1S/C16H15F2NOS/c17-13-3-1-12(2-4-13)11-19-16(20)9-10-21-15-7-5-14(18)6-8-15/h1-8H,9-11H2,(H,19,20). The number of amides is 1. The molecule has 110 valence electrons. The summed E-state index contributed by atoms with van der Waals surface area (Å²) < 4.78 is 25.5. The normalized spacial score (nSPS) is 10.4. The van der Waals surface area contributed by atoms with Gasteiger partial charge >= 0.3 is 0 Å². The molecule has 0 unspecified atom stereocenters. The molecular formula is C16H15F2NOS. The zero-order valence-corrected chi connectivity index (χ0v) is 12.1. The van der Waals surface area contributed by atoms with E-state index in [1.807, 2.05) is 0 Å². The third-order valence-electron chi connectivity index (χ3n) is 2.81. The van der Waals surface area contributed by atoms with Crippen molar-refractivity contribution in [2.75, 3.05) is 5.75 Å². The van der Waals surface area contributed by atoms with E-state index in [1.165, 1.54) is 36.0 Å². The van der Waals surface area contributed by atoms with E-state index >= 15 is 0 Å². The van der Waals surface area contributed by atoms with Crippen molar-refractivity contribution in [2.24, 2.45) is 0 Å². The molecule has 0 spiro atoms. The summed E-state index contributed by atoms with van der Waals surface area (Å²) in [4.78, 5) is 12.6. The van der Waals surface area contributed by atoms with Gasteiger partial charge in [-0.15, -0.1) is 11.8 Å². The van der Waals surface area contributed by atoms with E-state index in [-0.39, 0.29) is 17.5 Å². The average Bonchev–Trinajstić information content (AvgIpc) is 2.49. The Balaban J connectivity index is 1.67. The molecule has 1 N–H and O–H groups in total. The quantitative estimate of drug-likeness (QED) is 0.823. The Hall–Kier alpha value is -1.88. The van der Waals surface area contributed by atoms with Crippen LogP contribution in [0.3, 0.4) is 0 Å². The maximum atomic E-state index is 12.7. The van der Waals surface area contributed by atoms with Crippen LogP contribution in [0.2, 0.25) is 0 Å². The molecule has 2 nitrogen and oxygen atoms in total. The van der Waals surface area contributed by atoms with Crippen LogP contribution in [0.4, 0.5) is 8.78 Å². The van der Waals surface area contributed by atoms with Gasteiger partial charge in [0.1, 0.15) is 11.6 Å². The monoisotopic (exact) mass is 307 g/mol. The van der Waals surface area contributed by atoms with Gasteiger partial charge in [0, 0.05) is 23.6 Å². The molecule has 0 saturated carbocycles. The number of benzene rings is 2. The Labute approximate surface area is 126 Å². The van der Waals surface area contributed by atoms with Gasteiger partial charge < -0.3 is 5.32 Å². The minimum Gasteiger partial charge on any atom is -0.352 e. The Morgan fingerprint density at radius 1 is 0.952 bits per heavy atom. The van der Waals surface area contributed by atoms with Crippen molar-refractivity contribution in [1.82, 2.24) is 5.32 Å². The van der Waals surface area contributed by atoms with E-state index in [4.69, 9.17) is 0 Å². The second-order valence-electron chi connectivity index (χ2n) is 4.46. The Morgan fingerprint density at radius 3 is 2.14 bits per heavy atom. The molecule has 1 amide bonds. The van der Waals surface area contributed by atoms with Crippen molar-refractivity contribution in [3.8, 4) is 0 Å². The first-order valence-electron chi connectivity index (χ1n) is 6.53. The van der Waals surface area contributed by atoms with Crippen molar-refractivity contribution in [3.05, 3.63) is 65.7 Å². The molecule has 5 heteroatoms. The third-order valence-corrected chi connectivity index (χ3v) is 3.83. The van der Waals surface area contributed by atoms with Crippen molar-refractivity contribution < 1.29 is 13.6 Å². The lowest BCUT2D eigenvalue weighted by Crippen LogP contribution is -2.22. The lowest BCUT2D eigenvalue weighted by molar-refractivity contribution is -0.120. The first-order valence-corrected chi connectivity index (χ1v) is 7.51. The fraction of sp³-hybridized carbons (Fsp3) is 0.188. The first kappa shape index (κ1) is 15.5. The summed E-state index contributed by atoms with van der Waals surface area (Å²) in [5.74, 6) is 0.00653. The molecule has 2 rings (SSSR count). The zero-order chi connectivity index (χ0) is 15.1. The number of halogens is 2. The largest absolute Gasteiger partial charge is 0.352 e. The fourth-order valence-electron chi connectivity index (χ4n) is 1.68. The minimum absolute atomic E-state index is 0.0612. The van der Waals surface area contributed by atoms with Gasteiger partial charge in [0.05, 0.1) is 0 Å². The summed E-state index contributed by atoms with van der Waals surface area (Å²) in [6, 6.07) is 12.2. The van der Waals surface area contributed by atoms with Gasteiger partial charge in [0.2, 0.25) is 5.91 Å².